The molecule has 0 bridgehead atoms. The second-order valence-corrected chi connectivity index (χ2v) is 5.69. The van der Waals surface area contributed by atoms with Gasteiger partial charge in [-0.1, -0.05) is 30.3 Å². The van der Waals surface area contributed by atoms with Gasteiger partial charge in [0.15, 0.2) is 5.43 Å². The third-order valence-corrected chi connectivity index (χ3v) is 4.41. The first kappa shape index (κ1) is 14.6. The fraction of sp³-hybridized carbons (Fsp3) is 0.158. The van der Waals surface area contributed by atoms with E-state index in [0.29, 0.717) is 23.1 Å². The Morgan fingerprint density at radius 1 is 1.08 bits per heavy atom. The van der Waals surface area contributed by atoms with E-state index in [9.17, 15) is 14.0 Å². The zero-order chi connectivity index (χ0) is 16.8. The molecule has 2 aromatic carbocycles. The third-order valence-electron chi connectivity index (χ3n) is 4.41. The van der Waals surface area contributed by atoms with E-state index in [1.165, 1.54) is 11.0 Å². The molecule has 0 spiro atoms. The summed E-state index contributed by atoms with van der Waals surface area (Å²) in [5.74, 6) is -0.827. The Morgan fingerprint density at radius 2 is 1.79 bits per heavy atom. The summed E-state index contributed by atoms with van der Waals surface area (Å²) in [6, 6.07) is 12.2. The van der Waals surface area contributed by atoms with Crippen LogP contribution in [0.4, 0.5) is 4.39 Å². The molecular weight excluding hydrogens is 309 g/mol. The highest BCUT2D eigenvalue weighted by molar-refractivity contribution is 5.99. The fourth-order valence-electron chi connectivity index (χ4n) is 3.31. The molecule has 3 aromatic rings. The monoisotopic (exact) mass is 323 g/mol. The van der Waals surface area contributed by atoms with Gasteiger partial charge < -0.3 is 9.32 Å². The number of hydrogen-bond acceptors (Lipinski definition) is 3. The van der Waals surface area contributed by atoms with Crippen molar-refractivity contribution in [2.45, 2.75) is 13.0 Å². The molecule has 0 N–H and O–H groups in total. The Labute approximate surface area is 137 Å². The summed E-state index contributed by atoms with van der Waals surface area (Å²) in [4.78, 5) is 27.1. The SMILES string of the molecule is CCN1C(=O)c2oc3ccccc3c(=O)c2C1c1ccccc1F. The Hall–Kier alpha value is -2.95. The number of benzene rings is 2. The van der Waals surface area contributed by atoms with Gasteiger partial charge in [-0.05, 0) is 25.1 Å². The Morgan fingerprint density at radius 3 is 2.54 bits per heavy atom. The van der Waals surface area contributed by atoms with Crippen LogP contribution in [-0.2, 0) is 0 Å². The third kappa shape index (κ3) is 1.91. The van der Waals surface area contributed by atoms with Gasteiger partial charge in [-0.15, -0.1) is 0 Å². The molecule has 1 atom stereocenters. The van der Waals surface area contributed by atoms with Crippen molar-refractivity contribution in [2.75, 3.05) is 6.54 Å². The second kappa shape index (κ2) is 5.30. The average molecular weight is 323 g/mol. The van der Waals surface area contributed by atoms with Gasteiger partial charge in [0.05, 0.1) is 17.0 Å². The topological polar surface area (TPSA) is 50.5 Å². The molecular formula is C19H14FNO3. The number of carbonyl (C=O) groups is 1. The molecule has 0 fully saturated rings. The van der Waals surface area contributed by atoms with Crippen LogP contribution in [-0.4, -0.2) is 17.4 Å². The largest absolute Gasteiger partial charge is 0.450 e. The average Bonchev–Trinajstić information content (AvgIpc) is 2.88. The van der Waals surface area contributed by atoms with E-state index >= 15 is 0 Å². The van der Waals surface area contributed by atoms with Crippen molar-refractivity contribution in [2.24, 2.45) is 0 Å². The van der Waals surface area contributed by atoms with Crippen LogP contribution in [0.15, 0.2) is 57.7 Å². The second-order valence-electron chi connectivity index (χ2n) is 5.69. The number of carbonyl (C=O) groups excluding carboxylic acids is 1. The summed E-state index contributed by atoms with van der Waals surface area (Å²) in [5.41, 5.74) is 0.587. The summed E-state index contributed by atoms with van der Waals surface area (Å²) in [5, 5.41) is 0.392. The van der Waals surface area contributed by atoms with Crippen molar-refractivity contribution in [1.29, 1.82) is 0 Å². The molecule has 4 rings (SSSR count). The molecule has 120 valence electrons. The van der Waals surface area contributed by atoms with E-state index < -0.39 is 11.9 Å². The van der Waals surface area contributed by atoms with Crippen LogP contribution < -0.4 is 5.43 Å². The molecule has 4 nitrogen and oxygen atoms in total. The molecule has 0 aliphatic carbocycles. The van der Waals surface area contributed by atoms with Crippen molar-refractivity contribution in [1.82, 2.24) is 4.90 Å². The normalized spacial score (nSPS) is 16.7. The number of amides is 1. The summed E-state index contributed by atoms with van der Waals surface area (Å²) in [7, 11) is 0. The molecule has 1 amide bonds. The lowest BCUT2D eigenvalue weighted by molar-refractivity contribution is 0.0736. The lowest BCUT2D eigenvalue weighted by Gasteiger charge is -2.23. The maximum atomic E-state index is 14.3. The van der Waals surface area contributed by atoms with E-state index in [0.717, 1.165) is 0 Å². The lowest BCUT2D eigenvalue weighted by Crippen LogP contribution is -2.29. The van der Waals surface area contributed by atoms with E-state index in [1.54, 1.807) is 49.4 Å². The van der Waals surface area contributed by atoms with Crippen molar-refractivity contribution in [3.05, 3.63) is 81.5 Å². The summed E-state index contributed by atoms with van der Waals surface area (Å²) in [6.07, 6.45) is 0. The number of para-hydroxylation sites is 1. The standard InChI is InChI=1S/C19H14FNO3/c1-2-21-16(11-7-3-5-9-13(11)20)15-17(22)12-8-4-6-10-14(12)24-18(15)19(21)23/h3-10,16H,2H2,1H3. The summed E-state index contributed by atoms with van der Waals surface area (Å²) in [6.45, 7) is 2.14. The van der Waals surface area contributed by atoms with Crippen LogP contribution in [0.3, 0.4) is 0 Å². The first-order valence-corrected chi connectivity index (χ1v) is 7.74. The molecule has 0 radical (unpaired) electrons. The highest BCUT2D eigenvalue weighted by Crippen LogP contribution is 2.38. The van der Waals surface area contributed by atoms with Gasteiger partial charge in [0.25, 0.3) is 5.91 Å². The van der Waals surface area contributed by atoms with Crippen LogP contribution in [0.1, 0.15) is 34.6 Å². The Bertz CT molecular complexity index is 1020. The van der Waals surface area contributed by atoms with E-state index in [4.69, 9.17) is 4.42 Å². The van der Waals surface area contributed by atoms with Crippen molar-refractivity contribution in [3.8, 4) is 0 Å². The molecule has 24 heavy (non-hydrogen) atoms. The molecule has 1 aromatic heterocycles. The van der Waals surface area contributed by atoms with Gasteiger partial charge in [-0.25, -0.2) is 4.39 Å². The minimum Gasteiger partial charge on any atom is -0.450 e. The molecule has 1 aliphatic heterocycles. The van der Waals surface area contributed by atoms with E-state index in [2.05, 4.69) is 0 Å². The molecule has 5 heteroatoms. The number of fused-ring (bicyclic) bond motifs is 2. The van der Waals surface area contributed by atoms with Crippen molar-refractivity contribution in [3.63, 3.8) is 0 Å². The maximum absolute atomic E-state index is 14.3. The van der Waals surface area contributed by atoms with Crippen LogP contribution >= 0.6 is 0 Å². The highest BCUT2D eigenvalue weighted by atomic mass is 19.1. The number of nitrogens with zero attached hydrogens (tertiary/aromatic N) is 1. The Balaban J connectivity index is 2.07. The van der Waals surface area contributed by atoms with Crippen LogP contribution in [0.5, 0.6) is 0 Å². The minimum atomic E-state index is -0.764. The highest BCUT2D eigenvalue weighted by Gasteiger charge is 2.42. The predicted molar refractivity (Wildman–Crippen MR) is 87.4 cm³/mol. The van der Waals surface area contributed by atoms with E-state index in [1.807, 2.05) is 0 Å². The summed E-state index contributed by atoms with van der Waals surface area (Å²) < 4.78 is 20.1. The van der Waals surface area contributed by atoms with Crippen molar-refractivity contribution < 1.29 is 13.6 Å². The number of rotatable bonds is 2. The maximum Gasteiger partial charge on any atom is 0.290 e. The zero-order valence-electron chi connectivity index (χ0n) is 13.0. The molecule has 1 aliphatic rings. The van der Waals surface area contributed by atoms with Gasteiger partial charge >= 0.3 is 0 Å². The molecule has 2 heterocycles. The van der Waals surface area contributed by atoms with Gasteiger partial charge in [0.1, 0.15) is 11.4 Å². The quantitative estimate of drug-likeness (QED) is 0.725. The smallest absolute Gasteiger partial charge is 0.290 e. The molecule has 0 saturated carbocycles. The lowest BCUT2D eigenvalue weighted by atomic mass is 9.98. The van der Waals surface area contributed by atoms with Gasteiger partial charge in [0.2, 0.25) is 5.76 Å². The molecule has 1 unspecified atom stereocenters. The first-order valence-electron chi connectivity index (χ1n) is 7.74. The minimum absolute atomic E-state index is 0.00815. The van der Waals surface area contributed by atoms with Crippen molar-refractivity contribution >= 4 is 16.9 Å². The van der Waals surface area contributed by atoms with E-state index in [-0.39, 0.29) is 22.7 Å². The molecule has 0 saturated heterocycles. The fourth-order valence-corrected chi connectivity index (χ4v) is 3.31. The van der Waals surface area contributed by atoms with Crippen LogP contribution in [0.25, 0.3) is 11.0 Å². The van der Waals surface area contributed by atoms with Crippen LogP contribution in [0.2, 0.25) is 0 Å². The Kier molecular flexibility index (Phi) is 3.23. The zero-order valence-corrected chi connectivity index (χ0v) is 13.0. The van der Waals surface area contributed by atoms with Gasteiger partial charge in [-0.2, -0.15) is 0 Å². The van der Waals surface area contributed by atoms with Gasteiger partial charge in [-0.3, -0.25) is 9.59 Å². The number of halogens is 1. The van der Waals surface area contributed by atoms with Gasteiger partial charge in [0, 0.05) is 12.1 Å². The van der Waals surface area contributed by atoms with Crippen LogP contribution in [0, 0.1) is 5.82 Å². The predicted octanol–water partition coefficient (Wildman–Crippen LogP) is 3.50. The summed E-state index contributed by atoms with van der Waals surface area (Å²) >= 11 is 0. The number of hydrogen-bond donors (Lipinski definition) is 0. The first-order chi connectivity index (χ1) is 11.6.